The molecule has 0 aliphatic carbocycles. The van der Waals surface area contributed by atoms with Crippen LogP contribution in [0, 0.1) is 12.8 Å². The number of para-hydroxylation sites is 1. The molecule has 2 aromatic carbocycles. The molecule has 150 valence electrons. The molecule has 28 heavy (non-hydrogen) atoms. The lowest BCUT2D eigenvalue weighted by Gasteiger charge is -2.31. The minimum Gasteiger partial charge on any atom is -0.375 e. The van der Waals surface area contributed by atoms with Gasteiger partial charge in [0.2, 0.25) is 5.91 Å². The monoisotopic (exact) mass is 379 g/mol. The summed E-state index contributed by atoms with van der Waals surface area (Å²) in [5, 5.41) is 3.15. The van der Waals surface area contributed by atoms with Crippen molar-refractivity contribution in [3.8, 4) is 0 Å². The average Bonchev–Trinajstić information content (AvgIpc) is 2.72. The zero-order valence-corrected chi connectivity index (χ0v) is 17.2. The number of aryl methyl sites for hydroxylation is 1. The Morgan fingerprint density at radius 2 is 1.86 bits per heavy atom. The Labute approximate surface area is 169 Å². The van der Waals surface area contributed by atoms with Gasteiger partial charge in [0.25, 0.3) is 0 Å². The van der Waals surface area contributed by atoms with Gasteiger partial charge < -0.3 is 10.2 Å². The van der Waals surface area contributed by atoms with Gasteiger partial charge in [0, 0.05) is 38.3 Å². The number of anilines is 1. The number of piperidine rings is 1. The Bertz CT molecular complexity index is 739. The summed E-state index contributed by atoms with van der Waals surface area (Å²) in [4.78, 5) is 17.2. The first-order chi connectivity index (χ1) is 13.6. The number of rotatable bonds is 8. The molecular formula is C24H33N3O. The van der Waals surface area contributed by atoms with Gasteiger partial charge in [-0.3, -0.25) is 9.69 Å². The fourth-order valence-electron chi connectivity index (χ4n) is 3.91. The van der Waals surface area contributed by atoms with E-state index in [9.17, 15) is 4.79 Å². The molecule has 1 aliphatic rings. The third kappa shape index (κ3) is 6.10. The first-order valence-corrected chi connectivity index (χ1v) is 10.4. The first-order valence-electron chi connectivity index (χ1n) is 10.4. The minimum absolute atomic E-state index is 0.167. The molecule has 1 heterocycles. The molecule has 0 saturated carbocycles. The topological polar surface area (TPSA) is 35.6 Å². The predicted molar refractivity (Wildman–Crippen MR) is 117 cm³/mol. The van der Waals surface area contributed by atoms with E-state index in [1.165, 1.54) is 16.8 Å². The summed E-state index contributed by atoms with van der Waals surface area (Å²) in [6.45, 7) is 6.82. The van der Waals surface area contributed by atoms with Crippen molar-refractivity contribution in [1.29, 1.82) is 0 Å². The zero-order valence-electron chi connectivity index (χ0n) is 17.2. The second-order valence-electron chi connectivity index (χ2n) is 7.94. The van der Waals surface area contributed by atoms with Gasteiger partial charge in [0.1, 0.15) is 0 Å². The summed E-state index contributed by atoms with van der Waals surface area (Å²) in [6.07, 6.45) is 2.88. The summed E-state index contributed by atoms with van der Waals surface area (Å²) < 4.78 is 0. The molecule has 3 rings (SSSR count). The van der Waals surface area contributed by atoms with Crippen molar-refractivity contribution in [1.82, 2.24) is 10.2 Å². The Balaban J connectivity index is 1.33. The minimum atomic E-state index is 0.167. The summed E-state index contributed by atoms with van der Waals surface area (Å²) in [7, 11) is 2.10. The Hall–Kier alpha value is -2.33. The fraction of sp³-hybridized carbons (Fsp3) is 0.458. The van der Waals surface area contributed by atoms with Gasteiger partial charge in [-0.05, 0) is 57.0 Å². The van der Waals surface area contributed by atoms with Crippen LogP contribution in [0.25, 0.3) is 0 Å². The second kappa shape index (κ2) is 10.3. The van der Waals surface area contributed by atoms with E-state index < -0.39 is 0 Å². The van der Waals surface area contributed by atoms with Crippen LogP contribution in [-0.4, -0.2) is 44.0 Å². The molecule has 2 aromatic rings. The number of hydrogen-bond donors (Lipinski definition) is 1. The maximum absolute atomic E-state index is 12.5. The first kappa shape index (κ1) is 20.4. The summed E-state index contributed by atoms with van der Waals surface area (Å²) in [6, 6.07) is 19.1. The maximum atomic E-state index is 12.5. The lowest BCUT2D eigenvalue weighted by Crippen LogP contribution is -2.40. The van der Waals surface area contributed by atoms with Crippen molar-refractivity contribution in [2.45, 2.75) is 32.7 Å². The SMILES string of the molecule is Cc1cccc(CN2CCC(C(=O)NCCCN(C)c3ccccc3)CC2)c1. The number of hydrogen-bond acceptors (Lipinski definition) is 3. The smallest absolute Gasteiger partial charge is 0.223 e. The number of amides is 1. The van der Waals surface area contributed by atoms with Crippen LogP contribution >= 0.6 is 0 Å². The van der Waals surface area contributed by atoms with Gasteiger partial charge in [0.05, 0.1) is 0 Å². The third-order valence-corrected chi connectivity index (χ3v) is 5.61. The molecule has 0 spiro atoms. The summed E-state index contributed by atoms with van der Waals surface area (Å²) in [5.74, 6) is 0.401. The molecule has 1 aliphatic heterocycles. The van der Waals surface area contributed by atoms with Gasteiger partial charge in [-0.1, -0.05) is 48.0 Å². The van der Waals surface area contributed by atoms with Crippen LogP contribution in [0.4, 0.5) is 5.69 Å². The van der Waals surface area contributed by atoms with Crippen LogP contribution in [0.15, 0.2) is 54.6 Å². The highest BCUT2D eigenvalue weighted by Crippen LogP contribution is 2.19. The van der Waals surface area contributed by atoms with E-state index >= 15 is 0 Å². The van der Waals surface area contributed by atoms with Crippen molar-refractivity contribution in [3.05, 3.63) is 65.7 Å². The number of benzene rings is 2. The third-order valence-electron chi connectivity index (χ3n) is 5.61. The van der Waals surface area contributed by atoms with Crippen molar-refractivity contribution in [3.63, 3.8) is 0 Å². The number of carbonyl (C=O) groups excluding carboxylic acids is 1. The van der Waals surface area contributed by atoms with E-state index in [1.54, 1.807) is 0 Å². The Kier molecular flexibility index (Phi) is 7.49. The predicted octanol–water partition coefficient (Wildman–Crippen LogP) is 3.85. The second-order valence-corrected chi connectivity index (χ2v) is 7.94. The maximum Gasteiger partial charge on any atom is 0.223 e. The van der Waals surface area contributed by atoms with Crippen molar-refractivity contribution >= 4 is 11.6 Å². The number of nitrogens with zero attached hydrogens (tertiary/aromatic N) is 2. The van der Waals surface area contributed by atoms with Gasteiger partial charge in [-0.2, -0.15) is 0 Å². The zero-order chi connectivity index (χ0) is 19.8. The van der Waals surface area contributed by atoms with E-state index in [1.807, 2.05) is 6.07 Å². The molecule has 0 unspecified atom stereocenters. The van der Waals surface area contributed by atoms with Crippen LogP contribution in [0.5, 0.6) is 0 Å². The molecule has 1 saturated heterocycles. The van der Waals surface area contributed by atoms with Crippen LogP contribution in [0.1, 0.15) is 30.4 Å². The van der Waals surface area contributed by atoms with E-state index in [2.05, 4.69) is 77.6 Å². The highest BCUT2D eigenvalue weighted by atomic mass is 16.1. The van der Waals surface area contributed by atoms with Crippen LogP contribution < -0.4 is 10.2 Å². The molecule has 0 radical (unpaired) electrons. The molecule has 0 atom stereocenters. The van der Waals surface area contributed by atoms with Crippen molar-refractivity contribution < 1.29 is 4.79 Å². The molecule has 4 nitrogen and oxygen atoms in total. The summed E-state index contributed by atoms with van der Waals surface area (Å²) in [5.41, 5.74) is 3.89. The number of likely N-dealkylation sites (tertiary alicyclic amines) is 1. The van der Waals surface area contributed by atoms with Crippen molar-refractivity contribution in [2.24, 2.45) is 5.92 Å². The molecule has 1 fully saturated rings. The van der Waals surface area contributed by atoms with Crippen LogP contribution in [0.3, 0.4) is 0 Å². The Morgan fingerprint density at radius 1 is 1.11 bits per heavy atom. The van der Waals surface area contributed by atoms with E-state index in [0.717, 1.165) is 52.0 Å². The fourth-order valence-corrected chi connectivity index (χ4v) is 3.91. The lowest BCUT2D eigenvalue weighted by atomic mass is 9.95. The standard InChI is InChI=1S/C24H33N3O/c1-20-8-6-9-21(18-20)19-27-16-12-22(13-17-27)24(28)25-14-7-15-26(2)23-10-4-3-5-11-23/h3-6,8-11,18,22H,7,12-17,19H2,1-2H3,(H,25,28). The molecular weight excluding hydrogens is 346 g/mol. The lowest BCUT2D eigenvalue weighted by molar-refractivity contribution is -0.126. The van der Waals surface area contributed by atoms with E-state index in [-0.39, 0.29) is 11.8 Å². The summed E-state index contributed by atoms with van der Waals surface area (Å²) >= 11 is 0. The molecule has 1 N–H and O–H groups in total. The van der Waals surface area contributed by atoms with E-state index in [4.69, 9.17) is 0 Å². The average molecular weight is 380 g/mol. The van der Waals surface area contributed by atoms with Gasteiger partial charge >= 0.3 is 0 Å². The highest BCUT2D eigenvalue weighted by molar-refractivity contribution is 5.78. The quantitative estimate of drug-likeness (QED) is 0.708. The Morgan fingerprint density at radius 3 is 2.57 bits per heavy atom. The normalized spacial score (nSPS) is 15.4. The number of carbonyl (C=O) groups is 1. The van der Waals surface area contributed by atoms with Gasteiger partial charge in [-0.15, -0.1) is 0 Å². The van der Waals surface area contributed by atoms with Crippen LogP contribution in [0.2, 0.25) is 0 Å². The molecule has 1 amide bonds. The molecule has 0 aromatic heterocycles. The van der Waals surface area contributed by atoms with E-state index in [0.29, 0.717) is 0 Å². The van der Waals surface area contributed by atoms with Gasteiger partial charge in [-0.25, -0.2) is 0 Å². The highest BCUT2D eigenvalue weighted by Gasteiger charge is 2.24. The number of nitrogens with one attached hydrogen (secondary N) is 1. The molecule has 4 heteroatoms. The largest absolute Gasteiger partial charge is 0.375 e. The van der Waals surface area contributed by atoms with Gasteiger partial charge in [0.15, 0.2) is 0 Å². The van der Waals surface area contributed by atoms with Crippen LogP contribution in [-0.2, 0) is 11.3 Å². The van der Waals surface area contributed by atoms with Crippen molar-refractivity contribution in [2.75, 3.05) is 38.1 Å². The molecule has 0 bridgehead atoms.